The van der Waals surface area contributed by atoms with E-state index in [0.717, 1.165) is 18.2 Å². The Bertz CT molecular complexity index is 629. The van der Waals surface area contributed by atoms with E-state index in [1.165, 1.54) is 0 Å². The minimum absolute atomic E-state index is 0.245. The lowest BCUT2D eigenvalue weighted by Gasteiger charge is -2.07. The Hall–Kier alpha value is -2.20. The lowest BCUT2D eigenvalue weighted by molar-refractivity contribution is -0.383. The quantitative estimate of drug-likeness (QED) is 0.370. The van der Waals surface area contributed by atoms with E-state index in [9.17, 15) is 23.3 Å². The van der Waals surface area contributed by atoms with Gasteiger partial charge < -0.3 is 11.1 Å². The molecule has 0 aliphatic rings. The number of rotatable bonds is 6. The van der Waals surface area contributed by atoms with Crippen molar-refractivity contribution in [2.24, 2.45) is 0 Å². The van der Waals surface area contributed by atoms with Gasteiger partial charge in [-0.3, -0.25) is 14.9 Å². The van der Waals surface area contributed by atoms with Gasteiger partial charge in [0.2, 0.25) is 15.9 Å². The molecule has 1 aromatic carbocycles. The van der Waals surface area contributed by atoms with Gasteiger partial charge >= 0.3 is 0 Å². The summed E-state index contributed by atoms with van der Waals surface area (Å²) >= 11 is 0. The highest BCUT2D eigenvalue weighted by Crippen LogP contribution is 2.24. The fourth-order valence-corrected chi connectivity index (χ4v) is 2.39. The number of anilines is 1. The number of amides is 1. The maximum atomic E-state index is 11.9. The first-order valence-corrected chi connectivity index (χ1v) is 7.06. The molecule has 4 N–H and O–H groups in total. The number of hydrogen-bond donors (Lipinski definition) is 3. The number of sulfonamides is 1. The summed E-state index contributed by atoms with van der Waals surface area (Å²) in [7, 11) is -3.95. The van der Waals surface area contributed by atoms with E-state index in [1.54, 1.807) is 6.92 Å². The second-order valence-corrected chi connectivity index (χ2v) is 5.52. The second-order valence-electron chi connectivity index (χ2n) is 3.76. The fraction of sp³-hybridized carbons (Fsp3) is 0.300. The van der Waals surface area contributed by atoms with E-state index in [4.69, 9.17) is 5.73 Å². The van der Waals surface area contributed by atoms with Crippen LogP contribution in [0.1, 0.15) is 6.92 Å². The number of nitrogens with two attached hydrogens (primary N) is 1. The van der Waals surface area contributed by atoms with Crippen LogP contribution in [-0.4, -0.2) is 32.3 Å². The van der Waals surface area contributed by atoms with Crippen LogP contribution in [-0.2, 0) is 14.8 Å². The van der Waals surface area contributed by atoms with Crippen LogP contribution in [0.15, 0.2) is 23.1 Å². The van der Waals surface area contributed by atoms with Crippen molar-refractivity contribution in [2.45, 2.75) is 11.8 Å². The van der Waals surface area contributed by atoms with Gasteiger partial charge in [-0.2, -0.15) is 0 Å². The van der Waals surface area contributed by atoms with Gasteiger partial charge in [-0.15, -0.1) is 0 Å². The van der Waals surface area contributed by atoms with Crippen molar-refractivity contribution in [3.63, 3.8) is 0 Å². The summed E-state index contributed by atoms with van der Waals surface area (Å²) in [5.41, 5.74) is 4.76. The van der Waals surface area contributed by atoms with Gasteiger partial charge in [0.05, 0.1) is 16.4 Å². The number of nitro benzene ring substituents is 1. The van der Waals surface area contributed by atoms with Crippen LogP contribution in [0.4, 0.5) is 11.4 Å². The lowest BCUT2D eigenvalue weighted by atomic mass is 10.3. The summed E-state index contributed by atoms with van der Waals surface area (Å²) in [5, 5.41) is 13.0. The summed E-state index contributed by atoms with van der Waals surface area (Å²) in [5.74, 6) is -0.481. The number of nitrogen functional groups attached to an aromatic ring is 1. The fourth-order valence-electron chi connectivity index (χ4n) is 1.37. The molecule has 20 heavy (non-hydrogen) atoms. The summed E-state index contributed by atoms with van der Waals surface area (Å²) < 4.78 is 25.8. The number of benzene rings is 1. The van der Waals surface area contributed by atoms with Crippen molar-refractivity contribution < 1.29 is 18.1 Å². The largest absolute Gasteiger partial charge is 0.393 e. The molecule has 1 aromatic rings. The van der Waals surface area contributed by atoms with Gasteiger partial charge in [0.25, 0.3) is 5.69 Å². The molecule has 1 amide bonds. The van der Waals surface area contributed by atoms with Gasteiger partial charge in [0.15, 0.2) is 0 Å². The van der Waals surface area contributed by atoms with E-state index in [0.29, 0.717) is 6.54 Å². The summed E-state index contributed by atoms with van der Waals surface area (Å²) in [6.45, 7) is 1.65. The van der Waals surface area contributed by atoms with Gasteiger partial charge in [-0.25, -0.2) is 13.1 Å². The zero-order valence-electron chi connectivity index (χ0n) is 10.6. The molecule has 9 nitrogen and oxygen atoms in total. The summed E-state index contributed by atoms with van der Waals surface area (Å²) in [6, 6.07) is 3.02. The molecule has 10 heteroatoms. The van der Waals surface area contributed by atoms with E-state index in [2.05, 4.69) is 10.0 Å². The average Bonchev–Trinajstić information content (AvgIpc) is 2.36. The van der Waals surface area contributed by atoms with Crippen molar-refractivity contribution in [3.05, 3.63) is 28.3 Å². The molecule has 0 aliphatic heterocycles. The molecule has 0 saturated heterocycles. The van der Waals surface area contributed by atoms with Gasteiger partial charge in [0.1, 0.15) is 5.69 Å². The van der Waals surface area contributed by atoms with E-state index < -0.39 is 27.4 Å². The SMILES string of the molecule is CCNC(=O)CNS(=O)(=O)c1ccc([N+](=O)[O-])c(N)c1. The molecule has 0 bridgehead atoms. The number of nitrogens with one attached hydrogen (secondary N) is 2. The van der Waals surface area contributed by atoms with Gasteiger partial charge in [-0.1, -0.05) is 0 Å². The number of nitro groups is 1. The Morgan fingerprint density at radius 1 is 1.45 bits per heavy atom. The highest BCUT2D eigenvalue weighted by atomic mass is 32.2. The van der Waals surface area contributed by atoms with Gasteiger partial charge in [-0.05, 0) is 19.1 Å². The maximum absolute atomic E-state index is 11.9. The molecule has 0 saturated carbocycles. The Kier molecular flexibility index (Phi) is 5.00. The molecule has 0 heterocycles. The molecular weight excluding hydrogens is 288 g/mol. The first kappa shape index (κ1) is 15.9. The van der Waals surface area contributed by atoms with Crippen molar-refractivity contribution in [2.75, 3.05) is 18.8 Å². The smallest absolute Gasteiger partial charge is 0.292 e. The molecule has 0 aromatic heterocycles. The third-order valence-corrected chi connectivity index (χ3v) is 3.70. The topological polar surface area (TPSA) is 144 Å². The maximum Gasteiger partial charge on any atom is 0.292 e. The molecule has 110 valence electrons. The summed E-state index contributed by atoms with van der Waals surface area (Å²) in [4.78, 5) is 20.8. The minimum atomic E-state index is -3.95. The number of carbonyl (C=O) groups is 1. The Morgan fingerprint density at radius 3 is 2.60 bits per heavy atom. The summed E-state index contributed by atoms with van der Waals surface area (Å²) in [6.07, 6.45) is 0. The molecule has 0 unspecified atom stereocenters. The van der Waals surface area contributed by atoms with E-state index in [1.807, 2.05) is 0 Å². The van der Waals surface area contributed by atoms with Crippen molar-refractivity contribution >= 4 is 27.3 Å². The third-order valence-electron chi connectivity index (χ3n) is 2.30. The van der Waals surface area contributed by atoms with Crippen LogP contribution in [0, 0.1) is 10.1 Å². The predicted octanol–water partition coefficient (Wildman–Crippen LogP) is -0.409. The lowest BCUT2D eigenvalue weighted by Crippen LogP contribution is -2.36. The highest BCUT2D eigenvalue weighted by Gasteiger charge is 2.19. The molecule has 0 atom stereocenters. The Morgan fingerprint density at radius 2 is 2.10 bits per heavy atom. The average molecular weight is 302 g/mol. The first-order valence-electron chi connectivity index (χ1n) is 5.58. The normalized spacial score (nSPS) is 11.1. The van der Waals surface area contributed by atoms with E-state index in [-0.39, 0.29) is 16.3 Å². The molecule has 0 aliphatic carbocycles. The van der Waals surface area contributed by atoms with Crippen molar-refractivity contribution in [3.8, 4) is 0 Å². The van der Waals surface area contributed by atoms with Crippen LogP contribution in [0.5, 0.6) is 0 Å². The molecule has 0 spiro atoms. The molecule has 0 fully saturated rings. The number of hydrogen-bond acceptors (Lipinski definition) is 6. The highest BCUT2D eigenvalue weighted by molar-refractivity contribution is 7.89. The van der Waals surface area contributed by atoms with Crippen molar-refractivity contribution in [1.29, 1.82) is 0 Å². The van der Waals surface area contributed by atoms with Gasteiger partial charge in [0, 0.05) is 12.6 Å². The van der Waals surface area contributed by atoms with Crippen LogP contribution < -0.4 is 15.8 Å². The van der Waals surface area contributed by atoms with Crippen LogP contribution in [0.25, 0.3) is 0 Å². The second kappa shape index (κ2) is 6.30. The number of likely N-dealkylation sites (N-methyl/N-ethyl adjacent to an activating group) is 1. The molecule has 1 rings (SSSR count). The van der Waals surface area contributed by atoms with Crippen LogP contribution >= 0.6 is 0 Å². The van der Waals surface area contributed by atoms with Crippen LogP contribution in [0.3, 0.4) is 0 Å². The Balaban J connectivity index is 2.91. The number of carbonyl (C=O) groups excluding carboxylic acids is 1. The van der Waals surface area contributed by atoms with E-state index >= 15 is 0 Å². The zero-order valence-corrected chi connectivity index (χ0v) is 11.4. The predicted molar refractivity (Wildman–Crippen MR) is 71.4 cm³/mol. The minimum Gasteiger partial charge on any atom is -0.393 e. The standard InChI is InChI=1S/C10H14N4O5S/c1-2-12-10(15)6-13-20(18,19)7-3-4-9(14(16)17)8(11)5-7/h3-5,13H,2,6,11H2,1H3,(H,12,15). The van der Waals surface area contributed by atoms with Crippen molar-refractivity contribution in [1.82, 2.24) is 10.0 Å². The van der Waals surface area contributed by atoms with Crippen LogP contribution in [0.2, 0.25) is 0 Å². The third kappa shape index (κ3) is 3.90. The number of nitrogens with zero attached hydrogens (tertiary/aromatic N) is 1. The Labute approximate surface area is 115 Å². The zero-order chi connectivity index (χ0) is 15.3. The monoisotopic (exact) mass is 302 g/mol. The first-order chi connectivity index (χ1) is 9.27. The molecule has 0 radical (unpaired) electrons. The molecular formula is C10H14N4O5S.